The van der Waals surface area contributed by atoms with Gasteiger partial charge >= 0.3 is 0 Å². The van der Waals surface area contributed by atoms with Crippen LogP contribution in [-0.4, -0.2) is 6.54 Å². The van der Waals surface area contributed by atoms with Gasteiger partial charge in [0.2, 0.25) is 0 Å². The Labute approximate surface area is 90.1 Å². The Balaban J connectivity index is 2.33. The van der Waals surface area contributed by atoms with Crippen LogP contribution in [-0.2, 0) is 12.8 Å². The maximum absolute atomic E-state index is 3.43. The molecule has 1 N–H and O–H groups in total. The summed E-state index contributed by atoms with van der Waals surface area (Å²) in [6.45, 7) is 3.13. The molecule has 0 saturated heterocycles. The fourth-order valence-electron chi connectivity index (χ4n) is 2.59. The Hall–Kier alpha value is -1.50. The molecule has 0 spiro atoms. The number of aryl methyl sites for hydroxylation is 2. The second-order valence-electron chi connectivity index (χ2n) is 4.14. The minimum atomic E-state index is 0.985. The minimum Gasteiger partial charge on any atom is -0.385 e. The highest BCUT2D eigenvalue weighted by atomic mass is 14.9. The van der Waals surface area contributed by atoms with Crippen molar-refractivity contribution in [2.75, 3.05) is 11.9 Å². The molecule has 0 saturated carbocycles. The zero-order valence-electron chi connectivity index (χ0n) is 9.01. The molecule has 1 nitrogen and oxygen atoms in total. The van der Waals surface area contributed by atoms with Crippen molar-refractivity contribution < 1.29 is 0 Å². The lowest BCUT2D eigenvalue weighted by Gasteiger charge is -2.09. The van der Waals surface area contributed by atoms with Crippen LogP contribution in [0.4, 0.5) is 5.69 Å². The molecule has 0 aliphatic heterocycles. The number of anilines is 1. The van der Waals surface area contributed by atoms with E-state index in [0.29, 0.717) is 0 Å². The van der Waals surface area contributed by atoms with Crippen LogP contribution in [0.25, 0.3) is 10.8 Å². The summed E-state index contributed by atoms with van der Waals surface area (Å²) in [6.07, 6.45) is 2.42. The Morgan fingerprint density at radius 1 is 1.07 bits per heavy atom. The van der Waals surface area contributed by atoms with Gasteiger partial charge in [-0.15, -0.1) is 0 Å². The highest BCUT2D eigenvalue weighted by Gasteiger charge is 2.14. The van der Waals surface area contributed by atoms with E-state index in [0.717, 1.165) is 6.54 Å². The third-order valence-corrected chi connectivity index (χ3v) is 3.24. The second kappa shape index (κ2) is 3.27. The van der Waals surface area contributed by atoms with E-state index < -0.39 is 0 Å². The van der Waals surface area contributed by atoms with Crippen molar-refractivity contribution in [3.63, 3.8) is 0 Å². The molecule has 3 rings (SSSR count). The topological polar surface area (TPSA) is 12.0 Å². The SMILES string of the molecule is CCNc1ccc2c3c(cccc13)CC2. The van der Waals surface area contributed by atoms with E-state index in [9.17, 15) is 0 Å². The minimum absolute atomic E-state index is 0.985. The molecule has 0 bridgehead atoms. The molecule has 1 aliphatic rings. The Morgan fingerprint density at radius 2 is 1.87 bits per heavy atom. The average molecular weight is 197 g/mol. The van der Waals surface area contributed by atoms with Crippen LogP contribution < -0.4 is 5.32 Å². The summed E-state index contributed by atoms with van der Waals surface area (Å²) in [5.74, 6) is 0. The molecule has 0 amide bonds. The highest BCUT2D eigenvalue weighted by molar-refractivity contribution is 5.99. The first-order chi connectivity index (χ1) is 7.40. The Bertz CT molecular complexity index is 504. The predicted octanol–water partition coefficient (Wildman–Crippen LogP) is 3.37. The predicted molar refractivity (Wildman–Crippen MR) is 65.5 cm³/mol. The summed E-state index contributed by atoms with van der Waals surface area (Å²) < 4.78 is 0. The second-order valence-corrected chi connectivity index (χ2v) is 4.14. The lowest BCUT2D eigenvalue weighted by molar-refractivity contribution is 1.02. The lowest BCUT2D eigenvalue weighted by Crippen LogP contribution is -1.97. The fourth-order valence-corrected chi connectivity index (χ4v) is 2.59. The molecule has 1 heteroatoms. The molecule has 0 heterocycles. The van der Waals surface area contributed by atoms with Gasteiger partial charge in [-0.2, -0.15) is 0 Å². The van der Waals surface area contributed by atoms with Gasteiger partial charge in [0.05, 0.1) is 0 Å². The molecule has 0 unspecified atom stereocenters. The van der Waals surface area contributed by atoms with Crippen molar-refractivity contribution in [3.8, 4) is 0 Å². The molecule has 0 atom stereocenters. The summed E-state index contributed by atoms with van der Waals surface area (Å²) >= 11 is 0. The first-order valence-corrected chi connectivity index (χ1v) is 5.67. The summed E-state index contributed by atoms with van der Waals surface area (Å²) in [5.41, 5.74) is 4.31. The van der Waals surface area contributed by atoms with Crippen molar-refractivity contribution in [2.24, 2.45) is 0 Å². The monoisotopic (exact) mass is 197 g/mol. The van der Waals surface area contributed by atoms with Gasteiger partial charge in [0.25, 0.3) is 0 Å². The first kappa shape index (κ1) is 8.78. The van der Waals surface area contributed by atoms with E-state index in [1.165, 1.54) is 40.4 Å². The quantitative estimate of drug-likeness (QED) is 0.778. The van der Waals surface area contributed by atoms with Crippen molar-refractivity contribution in [1.29, 1.82) is 0 Å². The van der Waals surface area contributed by atoms with Crippen LogP contribution in [0, 0.1) is 0 Å². The standard InChI is InChI=1S/C14H15N/c1-2-15-13-9-8-11-7-6-10-4-3-5-12(13)14(10)11/h3-5,8-9,15H,2,6-7H2,1H3. The molecular formula is C14H15N. The van der Waals surface area contributed by atoms with Crippen LogP contribution in [0.2, 0.25) is 0 Å². The van der Waals surface area contributed by atoms with Gasteiger partial charge in [-0.3, -0.25) is 0 Å². The van der Waals surface area contributed by atoms with Gasteiger partial charge in [-0.1, -0.05) is 24.3 Å². The van der Waals surface area contributed by atoms with Crippen LogP contribution in [0.3, 0.4) is 0 Å². The molecule has 1 aliphatic carbocycles. The van der Waals surface area contributed by atoms with E-state index in [1.54, 1.807) is 0 Å². The highest BCUT2D eigenvalue weighted by Crippen LogP contribution is 2.34. The first-order valence-electron chi connectivity index (χ1n) is 5.67. The number of benzene rings is 2. The summed E-state index contributed by atoms with van der Waals surface area (Å²) in [5, 5.41) is 6.32. The van der Waals surface area contributed by atoms with Gasteiger partial charge < -0.3 is 5.32 Å². The number of hydrogen-bond donors (Lipinski definition) is 1. The molecule has 0 aromatic heterocycles. The van der Waals surface area contributed by atoms with Crippen molar-refractivity contribution >= 4 is 16.5 Å². The van der Waals surface area contributed by atoms with E-state index in [4.69, 9.17) is 0 Å². The van der Waals surface area contributed by atoms with Crippen LogP contribution in [0.15, 0.2) is 30.3 Å². The Kier molecular flexibility index (Phi) is 1.91. The maximum atomic E-state index is 3.43. The fraction of sp³-hybridized carbons (Fsp3) is 0.286. The van der Waals surface area contributed by atoms with E-state index in [2.05, 4.69) is 42.6 Å². The van der Waals surface area contributed by atoms with Crippen molar-refractivity contribution in [1.82, 2.24) is 0 Å². The molecular weight excluding hydrogens is 182 g/mol. The van der Waals surface area contributed by atoms with Crippen molar-refractivity contribution in [3.05, 3.63) is 41.5 Å². The van der Waals surface area contributed by atoms with Gasteiger partial charge in [-0.25, -0.2) is 0 Å². The number of rotatable bonds is 2. The molecule has 0 fully saturated rings. The lowest BCUT2D eigenvalue weighted by atomic mass is 10.0. The summed E-state index contributed by atoms with van der Waals surface area (Å²) in [7, 11) is 0. The largest absolute Gasteiger partial charge is 0.385 e. The Morgan fingerprint density at radius 3 is 2.67 bits per heavy atom. The van der Waals surface area contributed by atoms with E-state index >= 15 is 0 Å². The molecule has 0 radical (unpaired) electrons. The van der Waals surface area contributed by atoms with Gasteiger partial charge in [0, 0.05) is 17.6 Å². The molecule has 2 aromatic carbocycles. The third kappa shape index (κ3) is 1.23. The number of nitrogens with one attached hydrogen (secondary N) is 1. The smallest absolute Gasteiger partial charge is 0.0420 e. The van der Waals surface area contributed by atoms with Crippen molar-refractivity contribution in [2.45, 2.75) is 19.8 Å². The summed E-state index contributed by atoms with van der Waals surface area (Å²) in [6, 6.07) is 11.2. The van der Waals surface area contributed by atoms with Gasteiger partial charge in [0.15, 0.2) is 0 Å². The normalized spacial score (nSPS) is 13.4. The van der Waals surface area contributed by atoms with Crippen LogP contribution >= 0.6 is 0 Å². The van der Waals surface area contributed by atoms with E-state index in [1.807, 2.05) is 0 Å². The third-order valence-electron chi connectivity index (χ3n) is 3.24. The zero-order valence-corrected chi connectivity index (χ0v) is 9.01. The van der Waals surface area contributed by atoms with E-state index in [-0.39, 0.29) is 0 Å². The zero-order chi connectivity index (χ0) is 10.3. The van der Waals surface area contributed by atoms with Gasteiger partial charge in [-0.05, 0) is 42.3 Å². The molecule has 15 heavy (non-hydrogen) atoms. The maximum Gasteiger partial charge on any atom is 0.0420 e. The summed E-state index contributed by atoms with van der Waals surface area (Å²) in [4.78, 5) is 0. The van der Waals surface area contributed by atoms with Crippen LogP contribution in [0.1, 0.15) is 18.1 Å². The molecule has 76 valence electrons. The van der Waals surface area contributed by atoms with Crippen LogP contribution in [0.5, 0.6) is 0 Å². The molecule has 2 aromatic rings. The average Bonchev–Trinajstić information content (AvgIpc) is 2.68. The van der Waals surface area contributed by atoms with Gasteiger partial charge in [0.1, 0.15) is 0 Å². The number of hydrogen-bond acceptors (Lipinski definition) is 1.